The van der Waals surface area contributed by atoms with Crippen molar-refractivity contribution < 1.29 is 4.42 Å². The molecule has 24 heavy (non-hydrogen) atoms. The summed E-state index contributed by atoms with van der Waals surface area (Å²) >= 11 is 0. The van der Waals surface area contributed by atoms with Gasteiger partial charge in [-0.15, -0.1) is 0 Å². The van der Waals surface area contributed by atoms with E-state index in [4.69, 9.17) is 9.40 Å². The van der Waals surface area contributed by atoms with Gasteiger partial charge < -0.3 is 13.9 Å². The number of anilines is 1. The van der Waals surface area contributed by atoms with Crippen LogP contribution in [-0.4, -0.2) is 16.6 Å². The van der Waals surface area contributed by atoms with Crippen LogP contribution in [0.4, 0.5) is 5.95 Å². The molecule has 0 fully saturated rings. The summed E-state index contributed by atoms with van der Waals surface area (Å²) in [5.41, 5.74) is 3.41. The van der Waals surface area contributed by atoms with Crippen molar-refractivity contribution in [3.8, 4) is 0 Å². The van der Waals surface area contributed by atoms with Crippen LogP contribution in [0.15, 0.2) is 77.4 Å². The van der Waals surface area contributed by atoms with E-state index in [0.29, 0.717) is 6.54 Å². The van der Waals surface area contributed by atoms with E-state index in [2.05, 4.69) is 51.9 Å². The van der Waals surface area contributed by atoms with Crippen LogP contribution in [0.2, 0.25) is 0 Å². The molecule has 0 N–H and O–H groups in total. The first kappa shape index (κ1) is 14.6. The summed E-state index contributed by atoms with van der Waals surface area (Å²) in [6, 6.07) is 22.6. The van der Waals surface area contributed by atoms with Gasteiger partial charge in [-0.2, -0.15) is 0 Å². The molecule has 0 aliphatic heterocycles. The number of hydrogen-bond donors (Lipinski definition) is 0. The van der Waals surface area contributed by atoms with Crippen LogP contribution in [0.5, 0.6) is 0 Å². The van der Waals surface area contributed by atoms with Crippen LogP contribution in [0.3, 0.4) is 0 Å². The van der Waals surface area contributed by atoms with Gasteiger partial charge >= 0.3 is 0 Å². The Balaban J connectivity index is 1.75. The van der Waals surface area contributed by atoms with Gasteiger partial charge in [0.1, 0.15) is 5.76 Å². The smallest absolute Gasteiger partial charge is 0.207 e. The Morgan fingerprint density at radius 1 is 0.958 bits per heavy atom. The molecule has 4 nitrogen and oxygen atoms in total. The number of imidazole rings is 1. The Labute approximate surface area is 141 Å². The maximum absolute atomic E-state index is 5.48. The van der Waals surface area contributed by atoms with Crippen molar-refractivity contribution in [1.82, 2.24) is 9.55 Å². The fraction of sp³-hybridized carbons (Fsp3) is 0.150. The molecule has 0 aliphatic rings. The van der Waals surface area contributed by atoms with Crippen molar-refractivity contribution in [2.24, 2.45) is 0 Å². The molecule has 2 aromatic carbocycles. The van der Waals surface area contributed by atoms with E-state index in [1.807, 2.05) is 31.3 Å². The second-order valence-electron chi connectivity index (χ2n) is 5.91. The second kappa shape index (κ2) is 6.24. The third-order valence-corrected chi connectivity index (χ3v) is 4.13. The average molecular weight is 317 g/mol. The number of rotatable bonds is 5. The van der Waals surface area contributed by atoms with E-state index >= 15 is 0 Å². The van der Waals surface area contributed by atoms with E-state index in [1.165, 1.54) is 5.56 Å². The lowest BCUT2D eigenvalue weighted by molar-refractivity contribution is 0.505. The predicted molar refractivity (Wildman–Crippen MR) is 96.1 cm³/mol. The van der Waals surface area contributed by atoms with Crippen molar-refractivity contribution in [3.05, 3.63) is 84.3 Å². The molecule has 0 saturated carbocycles. The fourth-order valence-corrected chi connectivity index (χ4v) is 2.98. The van der Waals surface area contributed by atoms with Gasteiger partial charge in [0.15, 0.2) is 0 Å². The van der Waals surface area contributed by atoms with Crippen LogP contribution < -0.4 is 4.90 Å². The molecule has 0 unspecified atom stereocenters. The van der Waals surface area contributed by atoms with Crippen LogP contribution >= 0.6 is 0 Å². The zero-order valence-electron chi connectivity index (χ0n) is 13.6. The first-order valence-electron chi connectivity index (χ1n) is 8.04. The predicted octanol–water partition coefficient (Wildman–Crippen LogP) is 4.31. The van der Waals surface area contributed by atoms with Gasteiger partial charge in [-0.05, 0) is 29.8 Å². The molecule has 4 aromatic rings. The highest BCUT2D eigenvalue weighted by Crippen LogP contribution is 2.24. The van der Waals surface area contributed by atoms with Crippen molar-refractivity contribution in [2.75, 3.05) is 11.9 Å². The van der Waals surface area contributed by atoms with E-state index in [1.54, 1.807) is 6.26 Å². The van der Waals surface area contributed by atoms with Crippen LogP contribution in [-0.2, 0) is 13.1 Å². The van der Waals surface area contributed by atoms with Crippen molar-refractivity contribution >= 4 is 17.0 Å². The lowest BCUT2D eigenvalue weighted by Crippen LogP contribution is -2.21. The van der Waals surface area contributed by atoms with Crippen LogP contribution in [0.25, 0.3) is 11.0 Å². The highest BCUT2D eigenvalue weighted by molar-refractivity contribution is 5.79. The fourth-order valence-electron chi connectivity index (χ4n) is 2.98. The zero-order chi connectivity index (χ0) is 16.4. The average Bonchev–Trinajstić information content (AvgIpc) is 3.24. The monoisotopic (exact) mass is 317 g/mol. The SMILES string of the molecule is CN(Cc1ccco1)c1nc2ccccc2n1Cc1ccccc1. The molecular formula is C20H19N3O. The summed E-state index contributed by atoms with van der Waals surface area (Å²) in [5.74, 6) is 1.87. The molecule has 0 radical (unpaired) electrons. The third kappa shape index (κ3) is 2.78. The molecule has 0 aliphatic carbocycles. The number of furan rings is 1. The lowest BCUT2D eigenvalue weighted by atomic mass is 10.2. The molecule has 2 aromatic heterocycles. The Kier molecular flexibility index (Phi) is 3.79. The summed E-state index contributed by atoms with van der Waals surface area (Å²) in [6.45, 7) is 1.48. The molecule has 120 valence electrons. The van der Waals surface area contributed by atoms with Gasteiger partial charge in [-0.3, -0.25) is 0 Å². The molecule has 4 heteroatoms. The Bertz CT molecular complexity index is 926. The minimum Gasteiger partial charge on any atom is -0.467 e. The summed E-state index contributed by atoms with van der Waals surface area (Å²) in [7, 11) is 2.05. The van der Waals surface area contributed by atoms with Gasteiger partial charge in [0, 0.05) is 7.05 Å². The topological polar surface area (TPSA) is 34.2 Å². The molecule has 0 saturated heterocycles. The standard InChI is InChI=1S/C20H19N3O/c1-22(15-17-10-7-13-24-17)20-21-18-11-5-6-12-19(18)23(20)14-16-8-3-2-4-9-16/h2-13H,14-15H2,1H3. The van der Waals surface area contributed by atoms with Gasteiger partial charge in [0.05, 0.1) is 30.4 Å². The molecule has 0 amide bonds. The van der Waals surface area contributed by atoms with Crippen molar-refractivity contribution in [2.45, 2.75) is 13.1 Å². The largest absolute Gasteiger partial charge is 0.467 e. The van der Waals surface area contributed by atoms with E-state index in [-0.39, 0.29) is 0 Å². The first-order valence-corrected chi connectivity index (χ1v) is 8.04. The molecule has 0 spiro atoms. The Morgan fingerprint density at radius 2 is 1.75 bits per heavy atom. The summed E-state index contributed by atoms with van der Waals surface area (Å²) in [5, 5.41) is 0. The first-order chi connectivity index (χ1) is 11.8. The van der Waals surface area contributed by atoms with Crippen molar-refractivity contribution in [1.29, 1.82) is 0 Å². The highest BCUT2D eigenvalue weighted by Gasteiger charge is 2.15. The normalized spacial score (nSPS) is 11.0. The minimum absolute atomic E-state index is 0.686. The summed E-state index contributed by atoms with van der Waals surface area (Å²) in [4.78, 5) is 6.96. The lowest BCUT2D eigenvalue weighted by Gasteiger charge is -2.19. The molecule has 2 heterocycles. The van der Waals surface area contributed by atoms with Gasteiger partial charge in [-0.1, -0.05) is 42.5 Å². The van der Waals surface area contributed by atoms with E-state index < -0.39 is 0 Å². The van der Waals surface area contributed by atoms with Gasteiger partial charge in [0.25, 0.3) is 0 Å². The number of hydrogen-bond acceptors (Lipinski definition) is 3. The molecule has 4 rings (SSSR count). The maximum Gasteiger partial charge on any atom is 0.207 e. The zero-order valence-corrected chi connectivity index (χ0v) is 13.6. The van der Waals surface area contributed by atoms with Crippen molar-refractivity contribution in [3.63, 3.8) is 0 Å². The quantitative estimate of drug-likeness (QED) is 0.550. The number of fused-ring (bicyclic) bond motifs is 1. The van der Waals surface area contributed by atoms with Crippen LogP contribution in [0.1, 0.15) is 11.3 Å². The van der Waals surface area contributed by atoms with E-state index in [0.717, 1.165) is 29.3 Å². The Morgan fingerprint density at radius 3 is 2.54 bits per heavy atom. The molecule has 0 atom stereocenters. The second-order valence-corrected chi connectivity index (χ2v) is 5.91. The van der Waals surface area contributed by atoms with E-state index in [9.17, 15) is 0 Å². The minimum atomic E-state index is 0.686. The molecular weight excluding hydrogens is 298 g/mol. The summed E-state index contributed by atoms with van der Waals surface area (Å²) < 4.78 is 7.74. The summed E-state index contributed by atoms with van der Waals surface area (Å²) in [6.07, 6.45) is 1.70. The number of benzene rings is 2. The molecule has 0 bridgehead atoms. The van der Waals surface area contributed by atoms with Crippen LogP contribution in [0, 0.1) is 0 Å². The third-order valence-electron chi connectivity index (χ3n) is 4.13. The number of nitrogens with zero attached hydrogens (tertiary/aromatic N) is 3. The highest BCUT2D eigenvalue weighted by atomic mass is 16.3. The number of para-hydroxylation sites is 2. The Hall–Kier alpha value is -3.01. The van der Waals surface area contributed by atoms with Gasteiger partial charge in [0.2, 0.25) is 5.95 Å². The van der Waals surface area contributed by atoms with Gasteiger partial charge in [-0.25, -0.2) is 4.98 Å². The maximum atomic E-state index is 5.48. The number of aromatic nitrogens is 2.